The number of nitrogens with zero attached hydrogens (tertiary/aromatic N) is 3. The number of aromatic nitrogens is 3. The van der Waals surface area contributed by atoms with Crippen LogP contribution in [0.1, 0.15) is 18.3 Å². The highest BCUT2D eigenvalue weighted by Gasteiger charge is 2.18. The summed E-state index contributed by atoms with van der Waals surface area (Å²) in [6.07, 6.45) is 0.820. The molecule has 4 rings (SSSR count). The summed E-state index contributed by atoms with van der Waals surface area (Å²) < 4.78 is 12.9. The number of aryl methyl sites for hydroxylation is 2. The Morgan fingerprint density at radius 3 is 2.23 bits per heavy atom. The summed E-state index contributed by atoms with van der Waals surface area (Å²) in [5.41, 5.74) is 3.83. The number of ether oxygens (including phenoxy) is 2. The second-order valence-corrected chi connectivity index (χ2v) is 6.20. The number of rotatable bonds is 4. The Bertz CT molecular complexity index is 1100. The van der Waals surface area contributed by atoms with Crippen LogP contribution in [0.5, 0.6) is 11.5 Å². The van der Waals surface area contributed by atoms with Gasteiger partial charge in [0.15, 0.2) is 17.1 Å². The molecule has 26 heavy (non-hydrogen) atoms. The van der Waals surface area contributed by atoms with Crippen molar-refractivity contribution in [2.24, 2.45) is 0 Å². The Morgan fingerprint density at radius 2 is 1.62 bits per heavy atom. The second kappa shape index (κ2) is 6.33. The first-order valence-electron chi connectivity index (χ1n) is 8.67. The van der Waals surface area contributed by atoms with Gasteiger partial charge in [0.25, 0.3) is 0 Å². The number of fused-ring (bicyclic) bond motifs is 3. The van der Waals surface area contributed by atoms with Crippen LogP contribution in [-0.4, -0.2) is 29.0 Å². The predicted molar refractivity (Wildman–Crippen MR) is 104 cm³/mol. The molecule has 0 fully saturated rings. The van der Waals surface area contributed by atoms with E-state index in [1.807, 2.05) is 54.1 Å². The van der Waals surface area contributed by atoms with E-state index in [-0.39, 0.29) is 0 Å². The second-order valence-electron chi connectivity index (χ2n) is 6.20. The van der Waals surface area contributed by atoms with Gasteiger partial charge in [-0.1, -0.05) is 25.1 Å². The highest BCUT2D eigenvalue weighted by Crippen LogP contribution is 2.38. The standard InChI is InChI=1S/C21H21N3O2/c1-5-17-15-11-18(25-3)19(26-4)12-16(15)20-13(2)23-24(21(20)22-17)14-9-7-6-8-10-14/h6-12H,5H2,1-4H3. The third kappa shape index (κ3) is 2.39. The summed E-state index contributed by atoms with van der Waals surface area (Å²) in [4.78, 5) is 4.95. The first kappa shape index (κ1) is 16.4. The van der Waals surface area contributed by atoms with E-state index in [2.05, 4.69) is 6.92 Å². The molecule has 0 aliphatic heterocycles. The number of hydrogen-bond donors (Lipinski definition) is 0. The quantitative estimate of drug-likeness (QED) is 0.547. The van der Waals surface area contributed by atoms with Gasteiger partial charge in [0, 0.05) is 10.8 Å². The molecule has 0 saturated heterocycles. The fraction of sp³-hybridized carbons (Fsp3) is 0.238. The van der Waals surface area contributed by atoms with Gasteiger partial charge in [0.1, 0.15) is 0 Å². The van der Waals surface area contributed by atoms with Crippen molar-refractivity contribution in [2.75, 3.05) is 14.2 Å². The summed E-state index contributed by atoms with van der Waals surface area (Å²) in [7, 11) is 3.31. The van der Waals surface area contributed by atoms with Gasteiger partial charge < -0.3 is 9.47 Å². The highest BCUT2D eigenvalue weighted by molar-refractivity contribution is 6.08. The molecule has 2 aromatic heterocycles. The van der Waals surface area contributed by atoms with Gasteiger partial charge in [0.2, 0.25) is 0 Å². The van der Waals surface area contributed by atoms with Crippen molar-refractivity contribution in [2.45, 2.75) is 20.3 Å². The summed E-state index contributed by atoms with van der Waals surface area (Å²) in [5, 5.41) is 7.97. The van der Waals surface area contributed by atoms with Gasteiger partial charge >= 0.3 is 0 Å². The van der Waals surface area contributed by atoms with E-state index in [9.17, 15) is 0 Å². The van der Waals surface area contributed by atoms with E-state index in [0.717, 1.165) is 45.3 Å². The zero-order chi connectivity index (χ0) is 18.3. The monoisotopic (exact) mass is 347 g/mol. The molecule has 0 aliphatic carbocycles. The van der Waals surface area contributed by atoms with E-state index in [1.165, 1.54) is 0 Å². The van der Waals surface area contributed by atoms with Crippen LogP contribution in [0.25, 0.3) is 27.5 Å². The maximum Gasteiger partial charge on any atom is 0.164 e. The summed E-state index contributed by atoms with van der Waals surface area (Å²) in [6, 6.07) is 14.1. The number of para-hydroxylation sites is 1. The first-order valence-corrected chi connectivity index (χ1v) is 8.67. The van der Waals surface area contributed by atoms with E-state index in [4.69, 9.17) is 19.6 Å². The van der Waals surface area contributed by atoms with Crippen molar-refractivity contribution in [3.8, 4) is 17.2 Å². The zero-order valence-electron chi connectivity index (χ0n) is 15.4. The number of pyridine rings is 1. The molecule has 0 unspecified atom stereocenters. The zero-order valence-corrected chi connectivity index (χ0v) is 15.4. The minimum atomic E-state index is 0.710. The average Bonchev–Trinajstić information content (AvgIpc) is 3.03. The minimum absolute atomic E-state index is 0.710. The van der Waals surface area contributed by atoms with Gasteiger partial charge in [-0.2, -0.15) is 5.10 Å². The van der Waals surface area contributed by atoms with Crippen molar-refractivity contribution < 1.29 is 9.47 Å². The smallest absolute Gasteiger partial charge is 0.164 e. The van der Waals surface area contributed by atoms with Crippen LogP contribution >= 0.6 is 0 Å². The van der Waals surface area contributed by atoms with Gasteiger partial charge in [-0.15, -0.1) is 0 Å². The normalized spacial score (nSPS) is 11.2. The highest BCUT2D eigenvalue weighted by atomic mass is 16.5. The predicted octanol–water partition coefficient (Wildman–Crippen LogP) is 4.46. The van der Waals surface area contributed by atoms with Gasteiger partial charge in [-0.3, -0.25) is 0 Å². The Balaban J connectivity index is 2.14. The van der Waals surface area contributed by atoms with Gasteiger partial charge in [-0.25, -0.2) is 9.67 Å². The van der Waals surface area contributed by atoms with E-state index in [0.29, 0.717) is 11.5 Å². The molecule has 0 bridgehead atoms. The van der Waals surface area contributed by atoms with Crippen LogP contribution in [0, 0.1) is 6.92 Å². The van der Waals surface area contributed by atoms with Crippen LogP contribution in [0.15, 0.2) is 42.5 Å². The van der Waals surface area contributed by atoms with Crippen molar-refractivity contribution in [3.63, 3.8) is 0 Å². The molecular weight excluding hydrogens is 326 g/mol. The lowest BCUT2D eigenvalue weighted by molar-refractivity contribution is 0.356. The molecule has 2 aromatic carbocycles. The largest absolute Gasteiger partial charge is 0.493 e. The van der Waals surface area contributed by atoms with Crippen LogP contribution in [-0.2, 0) is 6.42 Å². The molecule has 0 amide bonds. The third-order valence-electron chi connectivity index (χ3n) is 4.72. The lowest BCUT2D eigenvalue weighted by Gasteiger charge is -2.12. The van der Waals surface area contributed by atoms with E-state index in [1.54, 1.807) is 14.2 Å². The molecule has 0 atom stereocenters. The topological polar surface area (TPSA) is 49.2 Å². The van der Waals surface area contributed by atoms with Crippen molar-refractivity contribution in [1.82, 2.24) is 14.8 Å². The summed E-state index contributed by atoms with van der Waals surface area (Å²) in [5.74, 6) is 1.42. The van der Waals surface area contributed by atoms with E-state index >= 15 is 0 Å². The van der Waals surface area contributed by atoms with E-state index < -0.39 is 0 Å². The summed E-state index contributed by atoms with van der Waals surface area (Å²) in [6.45, 7) is 4.13. The Labute approximate surface area is 152 Å². The molecule has 0 spiro atoms. The Hall–Kier alpha value is -3.08. The average molecular weight is 347 g/mol. The first-order chi connectivity index (χ1) is 12.7. The number of hydrogen-bond acceptors (Lipinski definition) is 4. The maximum atomic E-state index is 5.53. The van der Waals surface area contributed by atoms with Crippen LogP contribution in [0.4, 0.5) is 0 Å². The molecule has 0 saturated carbocycles. The SMILES string of the molecule is CCc1nc2c(c(C)nn2-c2ccccc2)c2cc(OC)c(OC)cc12. The molecule has 0 radical (unpaired) electrons. The Kier molecular flexibility index (Phi) is 3.99. The Morgan fingerprint density at radius 1 is 0.962 bits per heavy atom. The van der Waals surface area contributed by atoms with Crippen LogP contribution < -0.4 is 9.47 Å². The fourth-order valence-electron chi connectivity index (χ4n) is 3.47. The van der Waals surface area contributed by atoms with Crippen LogP contribution in [0.3, 0.4) is 0 Å². The summed E-state index contributed by atoms with van der Waals surface area (Å²) >= 11 is 0. The molecular formula is C21H21N3O2. The lowest BCUT2D eigenvalue weighted by Crippen LogP contribution is -2.00. The minimum Gasteiger partial charge on any atom is -0.493 e. The third-order valence-corrected chi connectivity index (χ3v) is 4.72. The molecule has 0 aliphatic rings. The molecule has 5 nitrogen and oxygen atoms in total. The lowest BCUT2D eigenvalue weighted by atomic mass is 10.0. The van der Waals surface area contributed by atoms with Crippen LogP contribution in [0.2, 0.25) is 0 Å². The van der Waals surface area contributed by atoms with Gasteiger partial charge in [-0.05, 0) is 37.6 Å². The number of methoxy groups -OCH3 is 2. The molecule has 2 heterocycles. The molecule has 132 valence electrons. The number of benzene rings is 2. The molecule has 5 heteroatoms. The maximum absolute atomic E-state index is 5.53. The molecule has 0 N–H and O–H groups in total. The fourth-order valence-corrected chi connectivity index (χ4v) is 3.47. The van der Waals surface area contributed by atoms with Crippen molar-refractivity contribution in [1.29, 1.82) is 0 Å². The van der Waals surface area contributed by atoms with Gasteiger partial charge in [0.05, 0.1) is 36.7 Å². The molecule has 4 aromatic rings. The van der Waals surface area contributed by atoms with Crippen molar-refractivity contribution >= 4 is 21.8 Å². The van der Waals surface area contributed by atoms with Crippen molar-refractivity contribution in [3.05, 3.63) is 53.9 Å².